The zero-order valence-corrected chi connectivity index (χ0v) is 11.8. The number of Topliss-reactive ketones (excluding diaryl/α,β-unsaturated/α-hetero) is 1. The molecule has 0 aliphatic heterocycles. The first-order valence-electron chi connectivity index (χ1n) is 6.04. The van der Waals surface area contributed by atoms with Gasteiger partial charge in [-0.1, -0.05) is 30.3 Å². The monoisotopic (exact) mass is 283 g/mol. The minimum absolute atomic E-state index is 0.0783. The highest BCUT2D eigenvalue weighted by atomic mass is 32.2. The maximum Gasteiger partial charge on any atom is 0.181 e. The smallest absolute Gasteiger partial charge is 0.181 e. The van der Waals surface area contributed by atoms with Gasteiger partial charge in [-0.3, -0.25) is 4.79 Å². The molecule has 0 aromatic heterocycles. The summed E-state index contributed by atoms with van der Waals surface area (Å²) in [5.74, 6) is 0.621. The number of thioether (sulfide) groups is 1. The van der Waals surface area contributed by atoms with Gasteiger partial charge in [-0.15, -0.1) is 0 Å². The first-order chi connectivity index (χ1) is 9.76. The molecule has 4 heteroatoms. The van der Waals surface area contributed by atoms with E-state index < -0.39 is 5.25 Å². The normalized spacial score (nSPS) is 11.4. The van der Waals surface area contributed by atoms with Gasteiger partial charge in [0.25, 0.3) is 0 Å². The van der Waals surface area contributed by atoms with Gasteiger partial charge in [0.15, 0.2) is 5.78 Å². The van der Waals surface area contributed by atoms with E-state index in [9.17, 15) is 4.79 Å². The number of benzene rings is 2. The molecule has 20 heavy (non-hydrogen) atoms. The number of carbonyl (C=O) groups is 1. The summed E-state index contributed by atoms with van der Waals surface area (Å²) in [5, 5.41) is 10.4. The third kappa shape index (κ3) is 3.19. The number of thiocyanates is 1. The molecule has 3 nitrogen and oxygen atoms in total. The van der Waals surface area contributed by atoms with Crippen LogP contribution in [0.15, 0.2) is 54.6 Å². The fourth-order valence-electron chi connectivity index (χ4n) is 1.86. The molecule has 2 rings (SSSR count). The Bertz CT molecular complexity index is 617. The van der Waals surface area contributed by atoms with Crippen molar-refractivity contribution in [3.63, 3.8) is 0 Å². The molecule has 2 aromatic rings. The van der Waals surface area contributed by atoms with Crippen molar-refractivity contribution in [2.45, 2.75) is 5.25 Å². The molecule has 2 aromatic carbocycles. The van der Waals surface area contributed by atoms with Crippen LogP contribution in [0.2, 0.25) is 0 Å². The van der Waals surface area contributed by atoms with Crippen LogP contribution in [-0.4, -0.2) is 12.9 Å². The SMILES string of the molecule is COc1ccc(C(=O)C(SC#N)c2ccccc2)cc1. The average molecular weight is 283 g/mol. The summed E-state index contributed by atoms with van der Waals surface area (Å²) in [5.41, 5.74) is 1.40. The molecular formula is C16H13NO2S. The number of nitrogens with zero attached hydrogens (tertiary/aromatic N) is 1. The molecule has 0 N–H and O–H groups in total. The number of methoxy groups -OCH3 is 1. The molecule has 0 heterocycles. The Morgan fingerprint density at radius 2 is 1.80 bits per heavy atom. The third-order valence-electron chi connectivity index (χ3n) is 2.89. The molecule has 0 spiro atoms. The van der Waals surface area contributed by atoms with Gasteiger partial charge in [-0.25, -0.2) is 0 Å². The number of ether oxygens (including phenoxy) is 1. The first kappa shape index (κ1) is 14.2. The Balaban J connectivity index is 2.29. The Kier molecular flexibility index (Phi) is 4.80. The Labute approximate surface area is 122 Å². The largest absolute Gasteiger partial charge is 0.497 e. The molecule has 0 saturated carbocycles. The lowest BCUT2D eigenvalue weighted by molar-refractivity contribution is 0.0989. The van der Waals surface area contributed by atoms with Crippen LogP contribution in [0.4, 0.5) is 0 Å². The summed E-state index contributed by atoms with van der Waals surface area (Å²) < 4.78 is 5.07. The number of carbonyl (C=O) groups excluding carboxylic acids is 1. The zero-order chi connectivity index (χ0) is 14.4. The fraction of sp³-hybridized carbons (Fsp3) is 0.125. The van der Waals surface area contributed by atoms with Crippen LogP contribution >= 0.6 is 11.8 Å². The predicted octanol–water partition coefficient (Wildman–Crippen LogP) is 3.83. The van der Waals surface area contributed by atoms with Crippen molar-refractivity contribution < 1.29 is 9.53 Å². The van der Waals surface area contributed by atoms with Crippen LogP contribution in [-0.2, 0) is 0 Å². The summed E-state index contributed by atoms with van der Waals surface area (Å²) >= 11 is 0.967. The van der Waals surface area contributed by atoms with E-state index in [1.54, 1.807) is 31.4 Å². The van der Waals surface area contributed by atoms with Crippen molar-refractivity contribution in [3.05, 3.63) is 65.7 Å². The second-order valence-electron chi connectivity index (χ2n) is 4.09. The highest BCUT2D eigenvalue weighted by Crippen LogP contribution is 2.31. The standard InChI is InChI=1S/C16H13NO2S/c1-19-14-9-7-12(8-10-14)15(18)16(20-11-17)13-5-3-2-4-6-13/h2-10,16H,1H3. The van der Waals surface area contributed by atoms with E-state index in [4.69, 9.17) is 10.00 Å². The van der Waals surface area contributed by atoms with Crippen molar-refractivity contribution in [2.24, 2.45) is 0 Å². The van der Waals surface area contributed by atoms with Crippen LogP contribution in [0.3, 0.4) is 0 Å². The molecule has 1 unspecified atom stereocenters. The van der Waals surface area contributed by atoms with Gasteiger partial charge in [0.1, 0.15) is 16.4 Å². The lowest BCUT2D eigenvalue weighted by Gasteiger charge is -2.12. The molecule has 0 amide bonds. The summed E-state index contributed by atoms with van der Waals surface area (Å²) in [6, 6.07) is 16.2. The Morgan fingerprint density at radius 3 is 2.35 bits per heavy atom. The molecule has 0 aliphatic rings. The number of nitriles is 1. The van der Waals surface area contributed by atoms with Gasteiger partial charge in [0.05, 0.1) is 7.11 Å². The second kappa shape index (κ2) is 6.78. The summed E-state index contributed by atoms with van der Waals surface area (Å²) in [6.45, 7) is 0. The van der Waals surface area contributed by atoms with Crippen LogP contribution in [0.1, 0.15) is 21.2 Å². The lowest BCUT2D eigenvalue weighted by atomic mass is 10.0. The molecule has 0 saturated heterocycles. The van der Waals surface area contributed by atoms with Gasteiger partial charge in [-0.05, 0) is 41.6 Å². The molecule has 100 valence electrons. The van der Waals surface area contributed by atoms with E-state index in [0.29, 0.717) is 11.3 Å². The van der Waals surface area contributed by atoms with E-state index in [2.05, 4.69) is 0 Å². The van der Waals surface area contributed by atoms with E-state index in [1.165, 1.54) is 0 Å². The maximum absolute atomic E-state index is 12.5. The van der Waals surface area contributed by atoms with Crippen molar-refractivity contribution in [1.29, 1.82) is 5.26 Å². The third-order valence-corrected chi connectivity index (χ3v) is 3.71. The quantitative estimate of drug-likeness (QED) is 0.618. The van der Waals surface area contributed by atoms with Gasteiger partial charge < -0.3 is 4.74 Å². The molecule has 0 aliphatic carbocycles. The highest BCUT2D eigenvalue weighted by Gasteiger charge is 2.22. The Morgan fingerprint density at radius 1 is 1.15 bits per heavy atom. The average Bonchev–Trinajstić information content (AvgIpc) is 2.53. The highest BCUT2D eigenvalue weighted by molar-refractivity contribution is 8.04. The second-order valence-corrected chi connectivity index (χ2v) is 4.98. The van der Waals surface area contributed by atoms with Gasteiger partial charge in [-0.2, -0.15) is 5.26 Å². The summed E-state index contributed by atoms with van der Waals surface area (Å²) in [4.78, 5) is 12.5. The van der Waals surface area contributed by atoms with Crippen molar-refractivity contribution >= 4 is 17.5 Å². The zero-order valence-electron chi connectivity index (χ0n) is 10.9. The van der Waals surface area contributed by atoms with Crippen molar-refractivity contribution in [3.8, 4) is 11.2 Å². The predicted molar refractivity (Wildman–Crippen MR) is 79.7 cm³/mol. The van der Waals surface area contributed by atoms with E-state index in [0.717, 1.165) is 17.3 Å². The molecule has 0 fully saturated rings. The van der Waals surface area contributed by atoms with E-state index in [-0.39, 0.29) is 5.78 Å². The van der Waals surface area contributed by atoms with Crippen LogP contribution < -0.4 is 4.74 Å². The van der Waals surface area contributed by atoms with Gasteiger partial charge in [0.2, 0.25) is 0 Å². The van der Waals surface area contributed by atoms with Crippen molar-refractivity contribution in [2.75, 3.05) is 7.11 Å². The Hall–Kier alpha value is -2.25. The van der Waals surface area contributed by atoms with Gasteiger partial charge in [0, 0.05) is 5.56 Å². The topological polar surface area (TPSA) is 50.1 Å². The first-order valence-corrected chi connectivity index (χ1v) is 6.92. The fourth-order valence-corrected chi connectivity index (χ4v) is 2.50. The summed E-state index contributed by atoms with van der Waals surface area (Å²) in [6.07, 6.45) is 0. The minimum atomic E-state index is -0.505. The summed E-state index contributed by atoms with van der Waals surface area (Å²) in [7, 11) is 1.58. The molecule has 0 radical (unpaired) electrons. The van der Waals surface area contributed by atoms with Crippen LogP contribution in [0.5, 0.6) is 5.75 Å². The number of rotatable bonds is 5. The van der Waals surface area contributed by atoms with Gasteiger partial charge >= 0.3 is 0 Å². The minimum Gasteiger partial charge on any atom is -0.497 e. The molecular weight excluding hydrogens is 270 g/mol. The lowest BCUT2D eigenvalue weighted by Crippen LogP contribution is -2.09. The van der Waals surface area contributed by atoms with Crippen molar-refractivity contribution in [1.82, 2.24) is 0 Å². The number of hydrogen-bond acceptors (Lipinski definition) is 4. The van der Waals surface area contributed by atoms with Crippen LogP contribution in [0.25, 0.3) is 0 Å². The maximum atomic E-state index is 12.5. The van der Waals surface area contributed by atoms with Crippen LogP contribution in [0, 0.1) is 10.7 Å². The molecule has 1 atom stereocenters. The number of hydrogen-bond donors (Lipinski definition) is 0. The van der Waals surface area contributed by atoms with E-state index in [1.807, 2.05) is 35.7 Å². The molecule has 0 bridgehead atoms. The number of ketones is 1. The van der Waals surface area contributed by atoms with E-state index >= 15 is 0 Å².